The molecule has 31 heavy (non-hydrogen) atoms. The van der Waals surface area contributed by atoms with E-state index >= 15 is 0 Å². The van der Waals surface area contributed by atoms with Gasteiger partial charge in [-0.05, 0) is 43.3 Å². The van der Waals surface area contributed by atoms with Crippen molar-refractivity contribution in [2.24, 2.45) is 0 Å². The van der Waals surface area contributed by atoms with Gasteiger partial charge in [-0.2, -0.15) is 0 Å². The summed E-state index contributed by atoms with van der Waals surface area (Å²) < 4.78 is 7.59. The molecular formula is C22H14ClN3O4S. The molecule has 0 saturated heterocycles. The lowest BCUT2D eigenvalue weighted by atomic mass is 10.0. The lowest BCUT2D eigenvalue weighted by Crippen LogP contribution is -2.04. The lowest BCUT2D eigenvalue weighted by Gasteiger charge is -2.08. The van der Waals surface area contributed by atoms with E-state index in [1.807, 2.05) is 6.07 Å². The summed E-state index contributed by atoms with van der Waals surface area (Å²) in [5.74, 6) is -1.06. The zero-order valence-electron chi connectivity index (χ0n) is 16.0. The molecule has 0 aliphatic rings. The molecule has 0 spiro atoms. The maximum atomic E-state index is 13.3. The molecule has 154 valence electrons. The molecule has 0 amide bonds. The quantitative estimate of drug-likeness (QED) is 0.357. The van der Waals surface area contributed by atoms with Crippen LogP contribution in [0.4, 0.5) is 0 Å². The van der Waals surface area contributed by atoms with E-state index in [1.165, 1.54) is 28.2 Å². The molecule has 0 radical (unpaired) electrons. The fraction of sp³-hybridized carbons (Fsp3) is 0.0455. The summed E-state index contributed by atoms with van der Waals surface area (Å²) in [6.45, 7) is 1.71. The number of ketones is 1. The Kier molecular flexibility index (Phi) is 4.53. The third-order valence-corrected chi connectivity index (χ3v) is 6.11. The SMILES string of the molecule is Cc1ccc(C(=O)c2c(O)c(O)n(-c3nc4c(Cl)cccc4s3)c2-c2cccnc2)o1. The monoisotopic (exact) mass is 451 g/mol. The number of halogens is 1. The standard InChI is InChI=1S/C22H14ClN3O4S/c1-11-7-8-14(30-11)19(27)16-18(12-4-3-9-24-10-12)26(21(29)20(16)28)22-25-17-13(23)5-2-6-15(17)31-22/h2-10,28-29H,1H3. The first kappa shape index (κ1) is 19.3. The van der Waals surface area contributed by atoms with Crippen LogP contribution in [0.1, 0.15) is 21.9 Å². The molecule has 4 aromatic heterocycles. The Labute approximate surface area is 184 Å². The normalized spacial score (nSPS) is 11.3. The number of fused-ring (bicyclic) bond motifs is 1. The Morgan fingerprint density at radius 1 is 1.16 bits per heavy atom. The number of hydrogen-bond donors (Lipinski definition) is 2. The number of aryl methyl sites for hydroxylation is 1. The van der Waals surface area contributed by atoms with Crippen LogP contribution in [0, 0.1) is 6.92 Å². The highest BCUT2D eigenvalue weighted by atomic mass is 35.5. The minimum atomic E-state index is -0.572. The fourth-order valence-electron chi connectivity index (χ4n) is 3.40. The molecule has 0 unspecified atom stereocenters. The Balaban J connectivity index is 1.82. The molecule has 5 aromatic rings. The number of hydrogen-bond acceptors (Lipinski definition) is 7. The van der Waals surface area contributed by atoms with Gasteiger partial charge in [-0.1, -0.05) is 29.0 Å². The predicted octanol–water partition coefficient (Wildman–Crippen LogP) is 5.35. The van der Waals surface area contributed by atoms with Crippen LogP contribution in [0.5, 0.6) is 11.6 Å². The van der Waals surface area contributed by atoms with Crippen molar-refractivity contribution in [2.45, 2.75) is 6.92 Å². The summed E-state index contributed by atoms with van der Waals surface area (Å²) >= 11 is 7.53. The molecule has 0 bridgehead atoms. The molecule has 0 fully saturated rings. The maximum Gasteiger partial charge on any atom is 0.242 e. The van der Waals surface area contributed by atoms with Crippen LogP contribution in [0.15, 0.2) is 59.3 Å². The molecule has 0 saturated carbocycles. The van der Waals surface area contributed by atoms with Gasteiger partial charge in [0.1, 0.15) is 11.3 Å². The van der Waals surface area contributed by atoms with Gasteiger partial charge in [-0.15, -0.1) is 0 Å². The van der Waals surface area contributed by atoms with Gasteiger partial charge in [0.2, 0.25) is 11.7 Å². The van der Waals surface area contributed by atoms with Crippen molar-refractivity contribution in [2.75, 3.05) is 0 Å². The molecule has 7 nitrogen and oxygen atoms in total. The average Bonchev–Trinajstić information content (AvgIpc) is 3.46. The number of carbonyl (C=O) groups excluding carboxylic acids is 1. The van der Waals surface area contributed by atoms with Gasteiger partial charge in [0, 0.05) is 18.0 Å². The minimum Gasteiger partial charge on any atom is -0.503 e. The first-order valence-corrected chi connectivity index (χ1v) is 10.4. The Morgan fingerprint density at radius 3 is 2.68 bits per heavy atom. The number of carbonyl (C=O) groups is 1. The largest absolute Gasteiger partial charge is 0.503 e. The van der Waals surface area contributed by atoms with E-state index in [9.17, 15) is 15.0 Å². The minimum absolute atomic E-state index is 0.0439. The molecular weight excluding hydrogens is 438 g/mol. The summed E-state index contributed by atoms with van der Waals surface area (Å²) in [5, 5.41) is 22.4. The topological polar surface area (TPSA) is 101 Å². The zero-order valence-corrected chi connectivity index (χ0v) is 17.6. The molecule has 0 atom stereocenters. The number of benzene rings is 1. The van der Waals surface area contributed by atoms with E-state index < -0.39 is 17.4 Å². The third-order valence-electron chi connectivity index (χ3n) is 4.80. The van der Waals surface area contributed by atoms with Gasteiger partial charge in [0.15, 0.2) is 16.6 Å². The number of rotatable bonds is 4. The first-order valence-electron chi connectivity index (χ1n) is 9.19. The zero-order chi connectivity index (χ0) is 21.7. The highest BCUT2D eigenvalue weighted by Crippen LogP contribution is 2.45. The smallest absolute Gasteiger partial charge is 0.242 e. The van der Waals surface area contributed by atoms with E-state index in [0.29, 0.717) is 27.0 Å². The van der Waals surface area contributed by atoms with Crippen molar-refractivity contribution in [3.63, 3.8) is 0 Å². The number of nitrogens with zero attached hydrogens (tertiary/aromatic N) is 3. The third kappa shape index (κ3) is 3.08. The van der Waals surface area contributed by atoms with E-state index in [2.05, 4.69) is 9.97 Å². The predicted molar refractivity (Wildman–Crippen MR) is 117 cm³/mol. The second kappa shape index (κ2) is 7.26. The van der Waals surface area contributed by atoms with E-state index in [-0.39, 0.29) is 17.0 Å². The summed E-state index contributed by atoms with van der Waals surface area (Å²) in [7, 11) is 0. The number of para-hydroxylation sites is 1. The summed E-state index contributed by atoms with van der Waals surface area (Å²) in [6.07, 6.45) is 3.13. The second-order valence-electron chi connectivity index (χ2n) is 6.80. The van der Waals surface area contributed by atoms with Crippen molar-refractivity contribution < 1.29 is 19.4 Å². The number of aromatic nitrogens is 3. The number of furan rings is 1. The number of thiazole rings is 1. The van der Waals surface area contributed by atoms with Crippen LogP contribution in [0.2, 0.25) is 5.02 Å². The van der Waals surface area contributed by atoms with Crippen LogP contribution in [-0.4, -0.2) is 30.5 Å². The van der Waals surface area contributed by atoms with Crippen LogP contribution in [0.25, 0.3) is 26.6 Å². The summed E-state index contributed by atoms with van der Waals surface area (Å²) in [5.41, 5.74) is 1.21. The molecule has 0 aliphatic carbocycles. The molecule has 4 heterocycles. The highest BCUT2D eigenvalue weighted by molar-refractivity contribution is 7.21. The van der Waals surface area contributed by atoms with Crippen molar-refractivity contribution in [3.8, 4) is 28.0 Å². The highest BCUT2D eigenvalue weighted by Gasteiger charge is 2.32. The van der Waals surface area contributed by atoms with Gasteiger partial charge in [0.25, 0.3) is 0 Å². The maximum absolute atomic E-state index is 13.3. The van der Waals surface area contributed by atoms with Crippen LogP contribution < -0.4 is 0 Å². The molecule has 5 rings (SSSR count). The molecule has 0 aliphatic heterocycles. The summed E-state index contributed by atoms with van der Waals surface area (Å²) in [4.78, 5) is 21.9. The Bertz CT molecular complexity index is 1450. The van der Waals surface area contributed by atoms with Gasteiger partial charge < -0.3 is 14.6 Å². The number of pyridine rings is 1. The van der Waals surface area contributed by atoms with Gasteiger partial charge in [0.05, 0.1) is 21.0 Å². The molecule has 2 N–H and O–H groups in total. The van der Waals surface area contributed by atoms with Crippen molar-refractivity contribution in [1.82, 2.24) is 14.5 Å². The van der Waals surface area contributed by atoms with Crippen molar-refractivity contribution in [3.05, 3.63) is 77.0 Å². The van der Waals surface area contributed by atoms with Crippen LogP contribution in [0.3, 0.4) is 0 Å². The second-order valence-corrected chi connectivity index (χ2v) is 8.21. The Morgan fingerprint density at radius 2 is 2.00 bits per heavy atom. The van der Waals surface area contributed by atoms with Gasteiger partial charge in [-0.3, -0.25) is 14.3 Å². The van der Waals surface area contributed by atoms with Crippen LogP contribution in [-0.2, 0) is 0 Å². The molecule has 1 aromatic carbocycles. The van der Waals surface area contributed by atoms with Crippen LogP contribution >= 0.6 is 22.9 Å². The number of aromatic hydroxyl groups is 2. The van der Waals surface area contributed by atoms with Gasteiger partial charge in [-0.25, -0.2) is 4.98 Å². The van der Waals surface area contributed by atoms with Gasteiger partial charge >= 0.3 is 0 Å². The Hall–Kier alpha value is -3.62. The first-order chi connectivity index (χ1) is 15.0. The lowest BCUT2D eigenvalue weighted by molar-refractivity contribution is 0.101. The van der Waals surface area contributed by atoms with E-state index in [0.717, 1.165) is 4.70 Å². The van der Waals surface area contributed by atoms with Crippen molar-refractivity contribution in [1.29, 1.82) is 0 Å². The van der Waals surface area contributed by atoms with Crippen molar-refractivity contribution >= 4 is 38.9 Å². The molecule has 9 heteroatoms. The average molecular weight is 452 g/mol. The van der Waals surface area contributed by atoms with E-state index in [4.69, 9.17) is 16.0 Å². The fourth-order valence-corrected chi connectivity index (χ4v) is 4.68. The van der Waals surface area contributed by atoms with E-state index in [1.54, 1.807) is 43.5 Å². The summed E-state index contributed by atoms with van der Waals surface area (Å²) in [6, 6.07) is 12.0.